The number of piperazine rings is 1. The highest BCUT2D eigenvalue weighted by Gasteiger charge is 2.25. The minimum atomic E-state index is -0.00497. The molecule has 3 rings (SSSR count). The maximum Gasteiger partial charge on any atom is 0.264 e. The lowest BCUT2D eigenvalue weighted by molar-refractivity contribution is -0.131. The van der Waals surface area contributed by atoms with Gasteiger partial charge >= 0.3 is 0 Å². The van der Waals surface area contributed by atoms with Gasteiger partial charge in [-0.15, -0.1) is 11.3 Å². The van der Waals surface area contributed by atoms with Crippen molar-refractivity contribution in [3.63, 3.8) is 0 Å². The van der Waals surface area contributed by atoms with Crippen LogP contribution in [0.3, 0.4) is 0 Å². The van der Waals surface area contributed by atoms with Crippen LogP contribution in [-0.4, -0.2) is 52.8 Å². The Hall–Kier alpha value is -1.79. The number of carbonyl (C=O) groups excluding carboxylic acids is 2. The fourth-order valence-corrected chi connectivity index (χ4v) is 3.51. The van der Waals surface area contributed by atoms with Gasteiger partial charge in [0.1, 0.15) is 0 Å². The van der Waals surface area contributed by atoms with Crippen molar-refractivity contribution in [2.24, 2.45) is 0 Å². The average Bonchev–Trinajstić information content (AvgIpc) is 3.18. The lowest BCUT2D eigenvalue weighted by Crippen LogP contribution is -2.50. The third-order valence-electron chi connectivity index (χ3n) is 3.72. The summed E-state index contributed by atoms with van der Waals surface area (Å²) < 4.78 is 0.615. The SMILES string of the molecule is O=C(Cc1cc[nH]c1)N1CCN(C(=O)c2ccc(Cl)s2)CC1. The van der Waals surface area contributed by atoms with E-state index in [4.69, 9.17) is 11.6 Å². The molecule has 2 amide bonds. The van der Waals surface area contributed by atoms with E-state index < -0.39 is 0 Å². The minimum absolute atomic E-state index is 0.00497. The van der Waals surface area contributed by atoms with Crippen molar-refractivity contribution < 1.29 is 9.59 Å². The summed E-state index contributed by atoms with van der Waals surface area (Å²) in [6, 6.07) is 5.38. The van der Waals surface area contributed by atoms with Gasteiger partial charge in [0.2, 0.25) is 5.91 Å². The van der Waals surface area contributed by atoms with E-state index in [-0.39, 0.29) is 11.8 Å². The number of hydrogen-bond donors (Lipinski definition) is 1. The van der Waals surface area contributed by atoms with Crippen molar-refractivity contribution >= 4 is 34.8 Å². The van der Waals surface area contributed by atoms with Gasteiger partial charge in [0.25, 0.3) is 5.91 Å². The number of amides is 2. The van der Waals surface area contributed by atoms with Gasteiger partial charge in [-0.3, -0.25) is 9.59 Å². The third kappa shape index (κ3) is 3.34. The molecule has 0 aromatic carbocycles. The molecular weight excluding hydrogens is 322 g/mol. The van der Waals surface area contributed by atoms with E-state index >= 15 is 0 Å². The number of hydrogen-bond acceptors (Lipinski definition) is 3. The number of aromatic nitrogens is 1. The van der Waals surface area contributed by atoms with E-state index in [1.807, 2.05) is 23.4 Å². The topological polar surface area (TPSA) is 56.4 Å². The summed E-state index contributed by atoms with van der Waals surface area (Å²) in [5, 5.41) is 0. The monoisotopic (exact) mass is 337 g/mol. The lowest BCUT2D eigenvalue weighted by atomic mass is 10.2. The zero-order valence-corrected chi connectivity index (χ0v) is 13.5. The predicted molar refractivity (Wildman–Crippen MR) is 86.3 cm³/mol. The quantitative estimate of drug-likeness (QED) is 0.934. The van der Waals surface area contributed by atoms with Crippen molar-refractivity contribution in [2.75, 3.05) is 26.2 Å². The van der Waals surface area contributed by atoms with E-state index in [0.29, 0.717) is 41.8 Å². The second-order valence-corrected chi connectivity index (χ2v) is 6.89. The maximum atomic E-state index is 12.3. The van der Waals surface area contributed by atoms with Crippen LogP contribution in [-0.2, 0) is 11.2 Å². The molecule has 2 aromatic rings. The van der Waals surface area contributed by atoms with Crippen LogP contribution in [0.2, 0.25) is 4.34 Å². The molecule has 1 aliphatic rings. The molecule has 0 atom stereocenters. The van der Waals surface area contributed by atoms with Gasteiger partial charge in [-0.2, -0.15) is 0 Å². The zero-order valence-electron chi connectivity index (χ0n) is 11.9. The molecule has 1 saturated heterocycles. The minimum Gasteiger partial charge on any atom is -0.367 e. The van der Waals surface area contributed by atoms with Crippen molar-refractivity contribution in [2.45, 2.75) is 6.42 Å². The highest BCUT2D eigenvalue weighted by Crippen LogP contribution is 2.23. The van der Waals surface area contributed by atoms with Gasteiger partial charge in [0.15, 0.2) is 0 Å². The van der Waals surface area contributed by atoms with Crippen LogP contribution in [0.4, 0.5) is 0 Å². The van der Waals surface area contributed by atoms with E-state index in [0.717, 1.165) is 5.56 Å². The second kappa shape index (κ2) is 6.54. The number of rotatable bonds is 3. The summed E-state index contributed by atoms with van der Waals surface area (Å²) in [6.45, 7) is 2.28. The van der Waals surface area contributed by atoms with Gasteiger partial charge in [-0.05, 0) is 23.8 Å². The molecule has 0 saturated carbocycles. The van der Waals surface area contributed by atoms with Crippen LogP contribution < -0.4 is 0 Å². The Morgan fingerprint density at radius 2 is 1.86 bits per heavy atom. The van der Waals surface area contributed by atoms with Crippen LogP contribution in [0, 0.1) is 0 Å². The Morgan fingerprint density at radius 1 is 1.14 bits per heavy atom. The molecule has 0 unspecified atom stereocenters. The van der Waals surface area contributed by atoms with E-state index in [1.54, 1.807) is 17.0 Å². The first kappa shape index (κ1) is 15.1. The van der Waals surface area contributed by atoms with E-state index in [9.17, 15) is 9.59 Å². The number of H-pyrrole nitrogens is 1. The highest BCUT2D eigenvalue weighted by atomic mass is 35.5. The smallest absolute Gasteiger partial charge is 0.264 e. The van der Waals surface area contributed by atoms with Gasteiger partial charge in [0.05, 0.1) is 15.6 Å². The van der Waals surface area contributed by atoms with Crippen LogP contribution in [0.5, 0.6) is 0 Å². The van der Waals surface area contributed by atoms with Crippen LogP contribution >= 0.6 is 22.9 Å². The Balaban J connectivity index is 1.54. The van der Waals surface area contributed by atoms with Crippen molar-refractivity contribution in [1.29, 1.82) is 0 Å². The molecule has 3 heterocycles. The summed E-state index contributed by atoms with van der Waals surface area (Å²) in [4.78, 5) is 31.7. The normalized spacial score (nSPS) is 15.1. The number of thiophene rings is 1. The molecule has 0 spiro atoms. The number of aromatic amines is 1. The highest BCUT2D eigenvalue weighted by molar-refractivity contribution is 7.17. The summed E-state index contributed by atoms with van der Waals surface area (Å²) in [7, 11) is 0. The molecule has 22 heavy (non-hydrogen) atoms. The first-order chi connectivity index (χ1) is 10.6. The van der Waals surface area contributed by atoms with Gasteiger partial charge in [-0.1, -0.05) is 11.6 Å². The largest absolute Gasteiger partial charge is 0.367 e. The molecule has 116 valence electrons. The molecular formula is C15H16ClN3O2S. The van der Waals surface area contributed by atoms with Crippen LogP contribution in [0.15, 0.2) is 30.6 Å². The summed E-state index contributed by atoms with van der Waals surface area (Å²) in [5.74, 6) is 0.0977. The van der Waals surface area contributed by atoms with Crippen LogP contribution in [0.25, 0.3) is 0 Å². The van der Waals surface area contributed by atoms with Gasteiger partial charge in [0, 0.05) is 38.6 Å². The lowest BCUT2D eigenvalue weighted by Gasteiger charge is -2.34. The number of halogens is 1. The first-order valence-electron chi connectivity index (χ1n) is 7.07. The molecule has 0 radical (unpaired) electrons. The molecule has 0 bridgehead atoms. The Labute approximate surface area is 137 Å². The molecule has 1 fully saturated rings. The van der Waals surface area contributed by atoms with Crippen LogP contribution in [0.1, 0.15) is 15.2 Å². The molecule has 7 heteroatoms. The van der Waals surface area contributed by atoms with Crippen molar-refractivity contribution in [3.05, 3.63) is 45.4 Å². The summed E-state index contributed by atoms with van der Waals surface area (Å²) in [6.07, 6.45) is 4.04. The Morgan fingerprint density at radius 3 is 2.45 bits per heavy atom. The standard InChI is InChI=1S/C15H16ClN3O2S/c16-13-2-1-12(22-13)15(21)19-7-5-18(6-8-19)14(20)9-11-3-4-17-10-11/h1-4,10,17H,5-9H2. The van der Waals surface area contributed by atoms with E-state index in [1.165, 1.54) is 11.3 Å². The number of nitrogens with one attached hydrogen (secondary N) is 1. The molecule has 1 N–H and O–H groups in total. The van der Waals surface area contributed by atoms with Gasteiger partial charge < -0.3 is 14.8 Å². The van der Waals surface area contributed by atoms with Crippen molar-refractivity contribution in [1.82, 2.24) is 14.8 Å². The molecule has 1 aliphatic heterocycles. The zero-order chi connectivity index (χ0) is 15.5. The predicted octanol–water partition coefficient (Wildman–Crippen LogP) is 2.26. The number of carbonyl (C=O) groups is 2. The fraction of sp³-hybridized carbons (Fsp3) is 0.333. The summed E-state index contributed by atoms with van der Waals surface area (Å²) in [5.41, 5.74) is 0.983. The molecule has 5 nitrogen and oxygen atoms in total. The van der Waals surface area contributed by atoms with Gasteiger partial charge in [-0.25, -0.2) is 0 Å². The Kier molecular flexibility index (Phi) is 4.49. The maximum absolute atomic E-state index is 12.3. The Bertz CT molecular complexity index is 660. The van der Waals surface area contributed by atoms with E-state index in [2.05, 4.69) is 4.98 Å². The van der Waals surface area contributed by atoms with Crippen molar-refractivity contribution in [3.8, 4) is 0 Å². The second-order valence-electron chi connectivity index (χ2n) is 5.17. The summed E-state index contributed by atoms with van der Waals surface area (Å²) >= 11 is 7.16. The fourth-order valence-electron chi connectivity index (χ4n) is 2.50. The third-order valence-corrected chi connectivity index (χ3v) is 4.94. The molecule has 0 aliphatic carbocycles. The molecule has 2 aromatic heterocycles. The number of nitrogens with zero attached hydrogens (tertiary/aromatic N) is 2. The first-order valence-corrected chi connectivity index (χ1v) is 8.27. The average molecular weight is 338 g/mol.